The molecule has 7 N–H and O–H groups in total. The number of unbranched alkanes of at least 4 members (excludes halogenated alkanes) is 2. The van der Waals surface area contributed by atoms with E-state index in [2.05, 4.69) is 25.5 Å². The first-order valence-corrected chi connectivity index (χ1v) is 16.7. The Labute approximate surface area is 271 Å². The molecule has 254 valence electrons. The summed E-state index contributed by atoms with van der Waals surface area (Å²) in [6, 6.07) is 4.38. The highest BCUT2D eigenvalue weighted by Crippen LogP contribution is 2.27. The number of hydrogen-bond acceptors (Lipinski definition) is 7. The lowest BCUT2D eigenvalue weighted by molar-refractivity contribution is -0.143. The van der Waals surface area contributed by atoms with Crippen LogP contribution < -0.4 is 21.7 Å². The summed E-state index contributed by atoms with van der Waals surface area (Å²) < 4.78 is 2.13. The van der Waals surface area contributed by atoms with E-state index in [4.69, 9.17) is 5.73 Å². The summed E-state index contributed by atoms with van der Waals surface area (Å²) in [5, 5.41) is 27.5. The van der Waals surface area contributed by atoms with Crippen molar-refractivity contribution in [3.05, 3.63) is 53.6 Å². The SMILES string of the molecule is Cc1nccn1CCCCc1ccc(CC(=O)N[C@@H](CO)C(=O)N[C@@H](CCCCN)C(=O)N[C@@H](CC2CCCCC2)C(=O)O)cc1. The lowest BCUT2D eigenvalue weighted by atomic mass is 9.84. The minimum absolute atomic E-state index is 0.0197. The maximum atomic E-state index is 13.2. The molecule has 0 spiro atoms. The Bertz CT molecular complexity index is 1240. The largest absolute Gasteiger partial charge is 0.480 e. The number of nitrogens with two attached hydrogens (primary N) is 1. The third-order valence-electron chi connectivity index (χ3n) is 8.75. The smallest absolute Gasteiger partial charge is 0.326 e. The van der Waals surface area contributed by atoms with E-state index in [9.17, 15) is 29.4 Å². The van der Waals surface area contributed by atoms with Crippen molar-refractivity contribution in [1.29, 1.82) is 0 Å². The Morgan fingerprint density at radius 3 is 2.22 bits per heavy atom. The quantitative estimate of drug-likeness (QED) is 0.119. The minimum Gasteiger partial charge on any atom is -0.480 e. The number of carbonyl (C=O) groups is 4. The van der Waals surface area contributed by atoms with Crippen LogP contribution in [-0.2, 0) is 38.6 Å². The van der Waals surface area contributed by atoms with Crippen LogP contribution in [0.5, 0.6) is 0 Å². The van der Waals surface area contributed by atoms with Gasteiger partial charge in [-0.25, -0.2) is 9.78 Å². The van der Waals surface area contributed by atoms with E-state index in [0.717, 1.165) is 69.3 Å². The fourth-order valence-electron chi connectivity index (χ4n) is 5.98. The van der Waals surface area contributed by atoms with Crippen molar-refractivity contribution in [3.63, 3.8) is 0 Å². The van der Waals surface area contributed by atoms with Gasteiger partial charge in [-0.2, -0.15) is 0 Å². The van der Waals surface area contributed by atoms with Gasteiger partial charge >= 0.3 is 5.97 Å². The van der Waals surface area contributed by atoms with E-state index in [1.165, 1.54) is 5.56 Å². The van der Waals surface area contributed by atoms with Gasteiger partial charge in [-0.1, -0.05) is 56.4 Å². The fourth-order valence-corrected chi connectivity index (χ4v) is 5.98. The second-order valence-corrected chi connectivity index (χ2v) is 12.4. The van der Waals surface area contributed by atoms with Crippen LogP contribution in [0.1, 0.15) is 87.6 Å². The average Bonchev–Trinajstić information content (AvgIpc) is 3.46. The van der Waals surface area contributed by atoms with E-state index in [0.29, 0.717) is 25.8 Å². The minimum atomic E-state index is -1.27. The van der Waals surface area contributed by atoms with Crippen LogP contribution in [0.4, 0.5) is 0 Å². The number of amides is 3. The lowest BCUT2D eigenvalue weighted by Gasteiger charge is -2.27. The summed E-state index contributed by atoms with van der Waals surface area (Å²) in [4.78, 5) is 55.3. The lowest BCUT2D eigenvalue weighted by Crippen LogP contribution is -2.56. The van der Waals surface area contributed by atoms with Crippen molar-refractivity contribution in [3.8, 4) is 0 Å². The molecule has 12 heteroatoms. The van der Waals surface area contributed by atoms with Crippen molar-refractivity contribution in [1.82, 2.24) is 25.5 Å². The van der Waals surface area contributed by atoms with Gasteiger partial charge in [0.25, 0.3) is 0 Å². The van der Waals surface area contributed by atoms with Crippen molar-refractivity contribution >= 4 is 23.7 Å². The molecule has 0 saturated heterocycles. The third kappa shape index (κ3) is 12.6. The standard InChI is InChI=1S/C34H52N6O6/c1-24-36-18-20-40(24)19-8-6-9-25-13-15-27(16-14-25)22-31(42)37-30(23-41)33(44)38-28(12-5-7-17-35)32(43)39-29(34(45)46)21-26-10-3-2-4-11-26/h13-16,18,20,26,28-30,41H,2-12,17,19,21-23,35H2,1H3,(H,37,42)(H,38,44)(H,39,43)(H,45,46)/t28-,29-,30-/m0/s1. The number of carboxylic acid groups (broad SMARTS) is 1. The number of rotatable bonds is 20. The zero-order valence-corrected chi connectivity index (χ0v) is 27.1. The summed E-state index contributed by atoms with van der Waals surface area (Å²) in [5.74, 6) is -1.64. The van der Waals surface area contributed by atoms with Crippen molar-refractivity contribution in [2.75, 3.05) is 13.2 Å². The van der Waals surface area contributed by atoms with Crippen LogP contribution in [0.25, 0.3) is 0 Å². The van der Waals surface area contributed by atoms with Crippen LogP contribution in [0.2, 0.25) is 0 Å². The molecule has 1 saturated carbocycles. The highest BCUT2D eigenvalue weighted by atomic mass is 16.4. The van der Waals surface area contributed by atoms with Crippen molar-refractivity contribution < 1.29 is 29.4 Å². The summed E-state index contributed by atoms with van der Waals surface area (Å²) in [6.07, 6.45) is 13.6. The Morgan fingerprint density at radius 1 is 0.913 bits per heavy atom. The number of hydrogen-bond donors (Lipinski definition) is 6. The molecule has 46 heavy (non-hydrogen) atoms. The molecule has 0 radical (unpaired) electrons. The molecule has 0 unspecified atom stereocenters. The monoisotopic (exact) mass is 640 g/mol. The van der Waals surface area contributed by atoms with Gasteiger partial charge in [0.2, 0.25) is 17.7 Å². The molecule has 2 aromatic rings. The predicted molar refractivity (Wildman–Crippen MR) is 175 cm³/mol. The maximum absolute atomic E-state index is 13.2. The molecule has 1 fully saturated rings. The van der Waals surface area contributed by atoms with Crippen molar-refractivity contribution in [2.45, 2.75) is 115 Å². The second kappa shape index (κ2) is 19.7. The van der Waals surface area contributed by atoms with Crippen LogP contribution in [0.3, 0.4) is 0 Å². The van der Waals surface area contributed by atoms with Gasteiger partial charge in [-0.05, 0) is 75.5 Å². The summed E-state index contributed by atoms with van der Waals surface area (Å²) in [6.45, 7) is 2.66. The van der Waals surface area contributed by atoms with E-state index >= 15 is 0 Å². The summed E-state index contributed by atoms with van der Waals surface area (Å²) in [7, 11) is 0. The molecule has 3 atom stereocenters. The highest BCUT2D eigenvalue weighted by molar-refractivity contribution is 5.93. The first kappa shape index (κ1) is 36.7. The average molecular weight is 641 g/mol. The molecular weight excluding hydrogens is 588 g/mol. The molecule has 0 bridgehead atoms. The van der Waals surface area contributed by atoms with Gasteiger partial charge in [0, 0.05) is 18.9 Å². The number of carboxylic acids is 1. The van der Waals surface area contributed by atoms with E-state index in [-0.39, 0.29) is 18.8 Å². The Morgan fingerprint density at radius 2 is 1.59 bits per heavy atom. The number of benzene rings is 1. The van der Waals surface area contributed by atoms with Crippen LogP contribution in [0, 0.1) is 12.8 Å². The Kier molecular flexibility index (Phi) is 15.7. The number of nitrogens with zero attached hydrogens (tertiary/aromatic N) is 2. The zero-order chi connectivity index (χ0) is 33.3. The van der Waals surface area contributed by atoms with E-state index in [1.54, 1.807) is 6.20 Å². The zero-order valence-electron chi connectivity index (χ0n) is 27.1. The van der Waals surface area contributed by atoms with Gasteiger partial charge in [0.15, 0.2) is 0 Å². The Balaban J connectivity index is 1.50. The number of aromatic nitrogens is 2. The highest BCUT2D eigenvalue weighted by Gasteiger charge is 2.31. The third-order valence-corrected chi connectivity index (χ3v) is 8.75. The van der Waals surface area contributed by atoms with Crippen molar-refractivity contribution in [2.24, 2.45) is 11.7 Å². The molecule has 1 aromatic carbocycles. The molecule has 1 aromatic heterocycles. The molecule has 1 heterocycles. The van der Waals surface area contributed by atoms with Gasteiger partial charge < -0.3 is 36.5 Å². The number of aliphatic carboxylic acids is 1. The number of aliphatic hydroxyl groups is 1. The molecule has 3 amide bonds. The van der Waals surface area contributed by atoms with E-state index in [1.807, 2.05) is 37.4 Å². The predicted octanol–water partition coefficient (Wildman–Crippen LogP) is 2.39. The first-order valence-electron chi connectivity index (χ1n) is 16.7. The fraction of sp³-hybridized carbons (Fsp3) is 0.618. The molecular formula is C34H52N6O6. The van der Waals surface area contributed by atoms with Crippen LogP contribution >= 0.6 is 0 Å². The molecule has 1 aliphatic rings. The molecule has 0 aliphatic heterocycles. The maximum Gasteiger partial charge on any atom is 0.326 e. The van der Waals surface area contributed by atoms with E-state index < -0.39 is 48.4 Å². The number of aliphatic hydroxyl groups excluding tert-OH is 1. The molecule has 1 aliphatic carbocycles. The summed E-state index contributed by atoms with van der Waals surface area (Å²) >= 11 is 0. The van der Waals surface area contributed by atoms with Gasteiger partial charge in [0.05, 0.1) is 13.0 Å². The Hall–Kier alpha value is -3.77. The number of aryl methyl sites for hydroxylation is 3. The first-order chi connectivity index (χ1) is 22.2. The molecule has 12 nitrogen and oxygen atoms in total. The van der Waals surface area contributed by atoms with Crippen LogP contribution in [-0.4, -0.2) is 74.7 Å². The number of carbonyl (C=O) groups excluding carboxylic acids is 3. The van der Waals surface area contributed by atoms with Gasteiger partial charge in [-0.15, -0.1) is 0 Å². The summed E-state index contributed by atoms with van der Waals surface area (Å²) in [5.41, 5.74) is 7.55. The topological polar surface area (TPSA) is 189 Å². The van der Waals surface area contributed by atoms with Crippen LogP contribution in [0.15, 0.2) is 36.7 Å². The number of imidazole rings is 1. The van der Waals surface area contributed by atoms with Gasteiger partial charge in [-0.3, -0.25) is 14.4 Å². The molecule has 3 rings (SSSR count). The van der Waals surface area contributed by atoms with Gasteiger partial charge in [0.1, 0.15) is 23.9 Å². The number of nitrogens with one attached hydrogen (secondary N) is 3. The normalized spacial score (nSPS) is 15.5. The second-order valence-electron chi connectivity index (χ2n) is 12.4.